The molecule has 0 unspecified atom stereocenters. The zero-order valence-corrected chi connectivity index (χ0v) is 16.9. The van der Waals surface area contributed by atoms with Crippen molar-refractivity contribution in [2.45, 2.75) is 6.54 Å². The molecule has 1 amide bonds. The molecule has 30 heavy (non-hydrogen) atoms. The number of benzene rings is 2. The summed E-state index contributed by atoms with van der Waals surface area (Å²) in [5.41, 5.74) is 1.04. The highest BCUT2D eigenvalue weighted by atomic mass is 19.1. The van der Waals surface area contributed by atoms with Gasteiger partial charge in [0.25, 0.3) is 0 Å². The molecule has 156 valence electrons. The molecule has 6 nitrogen and oxygen atoms in total. The highest BCUT2D eigenvalue weighted by Gasteiger charge is 2.14. The van der Waals surface area contributed by atoms with Crippen molar-refractivity contribution in [1.29, 1.82) is 0 Å². The number of furan rings is 1. The Bertz CT molecular complexity index is 1030. The number of ether oxygens (including phenoxy) is 3. The van der Waals surface area contributed by atoms with Gasteiger partial charge in [0, 0.05) is 18.2 Å². The van der Waals surface area contributed by atoms with Gasteiger partial charge in [0.05, 0.1) is 39.0 Å². The molecule has 1 N–H and O–H groups in total. The van der Waals surface area contributed by atoms with Gasteiger partial charge < -0.3 is 23.9 Å². The van der Waals surface area contributed by atoms with Crippen LogP contribution in [0.2, 0.25) is 0 Å². The molecule has 2 aromatic carbocycles. The minimum Gasteiger partial charge on any atom is -0.496 e. The van der Waals surface area contributed by atoms with Gasteiger partial charge in [0.15, 0.2) is 0 Å². The van der Waals surface area contributed by atoms with E-state index >= 15 is 0 Å². The van der Waals surface area contributed by atoms with Crippen molar-refractivity contribution in [3.63, 3.8) is 0 Å². The third-order valence-electron chi connectivity index (χ3n) is 4.42. The van der Waals surface area contributed by atoms with Crippen LogP contribution in [0.1, 0.15) is 11.3 Å². The summed E-state index contributed by atoms with van der Waals surface area (Å²) in [6.45, 7) is 0.193. The Balaban J connectivity index is 1.67. The molecule has 0 aliphatic rings. The second-order valence-corrected chi connectivity index (χ2v) is 6.24. The molecular formula is C23H22FNO5. The van der Waals surface area contributed by atoms with Crippen molar-refractivity contribution in [3.05, 3.63) is 71.7 Å². The fourth-order valence-electron chi connectivity index (χ4n) is 2.89. The second kappa shape index (κ2) is 9.65. The molecule has 0 bridgehead atoms. The first kappa shape index (κ1) is 21.0. The van der Waals surface area contributed by atoms with Crippen LogP contribution in [0.3, 0.4) is 0 Å². The van der Waals surface area contributed by atoms with Gasteiger partial charge in [0.1, 0.15) is 34.6 Å². The minimum atomic E-state index is -0.373. The molecule has 3 rings (SSSR count). The first-order valence-electron chi connectivity index (χ1n) is 9.15. The zero-order chi connectivity index (χ0) is 21.5. The van der Waals surface area contributed by atoms with Gasteiger partial charge in [0.2, 0.25) is 5.91 Å². The first-order chi connectivity index (χ1) is 14.5. The Hall–Kier alpha value is -3.74. The van der Waals surface area contributed by atoms with Crippen molar-refractivity contribution < 1.29 is 27.8 Å². The monoisotopic (exact) mass is 411 g/mol. The Morgan fingerprint density at radius 2 is 1.73 bits per heavy atom. The number of amides is 1. The van der Waals surface area contributed by atoms with Crippen LogP contribution in [-0.2, 0) is 11.3 Å². The Kier molecular flexibility index (Phi) is 6.75. The zero-order valence-electron chi connectivity index (χ0n) is 16.9. The average Bonchev–Trinajstić information content (AvgIpc) is 3.24. The quantitative estimate of drug-likeness (QED) is 0.555. The summed E-state index contributed by atoms with van der Waals surface area (Å²) in [7, 11) is 4.61. The maximum Gasteiger partial charge on any atom is 0.244 e. The predicted octanol–water partition coefficient (Wildman–Crippen LogP) is 4.44. The lowest BCUT2D eigenvalue weighted by Crippen LogP contribution is -2.21. The third-order valence-corrected chi connectivity index (χ3v) is 4.42. The summed E-state index contributed by atoms with van der Waals surface area (Å²) in [5.74, 6) is 1.78. The summed E-state index contributed by atoms with van der Waals surface area (Å²) in [6, 6.07) is 13.1. The number of hydrogen-bond donors (Lipinski definition) is 1. The SMILES string of the molecule is COc1cc(OC)c(CNC(=O)/C=C/c2ccc(-c3ccccc3F)o2)c(OC)c1. The largest absolute Gasteiger partial charge is 0.496 e. The summed E-state index contributed by atoms with van der Waals surface area (Å²) in [6.07, 6.45) is 2.86. The minimum absolute atomic E-state index is 0.193. The van der Waals surface area contributed by atoms with E-state index in [9.17, 15) is 9.18 Å². The van der Waals surface area contributed by atoms with E-state index in [-0.39, 0.29) is 18.3 Å². The Labute approximate surface area is 173 Å². The van der Waals surface area contributed by atoms with Gasteiger partial charge in [-0.05, 0) is 30.3 Å². The molecular weight excluding hydrogens is 389 g/mol. The highest BCUT2D eigenvalue weighted by Crippen LogP contribution is 2.33. The molecule has 1 aromatic heterocycles. The molecule has 0 spiro atoms. The second-order valence-electron chi connectivity index (χ2n) is 6.24. The van der Waals surface area contributed by atoms with Crippen LogP contribution in [0.15, 0.2) is 59.0 Å². The molecule has 3 aromatic rings. The van der Waals surface area contributed by atoms with Crippen LogP contribution in [0.5, 0.6) is 17.2 Å². The first-order valence-corrected chi connectivity index (χ1v) is 9.15. The molecule has 1 heterocycles. The van der Waals surface area contributed by atoms with Crippen molar-refractivity contribution in [2.75, 3.05) is 21.3 Å². The smallest absolute Gasteiger partial charge is 0.244 e. The summed E-state index contributed by atoms with van der Waals surface area (Å²) >= 11 is 0. The Morgan fingerprint density at radius 3 is 2.37 bits per heavy atom. The van der Waals surface area contributed by atoms with E-state index in [0.717, 1.165) is 0 Å². The van der Waals surface area contributed by atoms with Crippen molar-refractivity contribution >= 4 is 12.0 Å². The van der Waals surface area contributed by atoms with E-state index < -0.39 is 0 Å². The number of methoxy groups -OCH3 is 3. The summed E-state index contributed by atoms with van der Waals surface area (Å²) in [4.78, 5) is 12.2. The molecule has 7 heteroatoms. The van der Waals surface area contributed by atoms with E-state index in [1.165, 1.54) is 32.4 Å². The molecule has 0 atom stereocenters. The predicted molar refractivity (Wildman–Crippen MR) is 111 cm³/mol. The van der Waals surface area contributed by atoms with E-state index in [4.69, 9.17) is 18.6 Å². The average molecular weight is 411 g/mol. The molecule has 0 aliphatic heterocycles. The van der Waals surface area contributed by atoms with Crippen LogP contribution in [0.25, 0.3) is 17.4 Å². The number of carbonyl (C=O) groups is 1. The Morgan fingerprint density at radius 1 is 1.03 bits per heavy atom. The van der Waals surface area contributed by atoms with E-state index in [0.29, 0.717) is 39.9 Å². The molecule has 0 radical (unpaired) electrons. The number of carbonyl (C=O) groups excluding carboxylic acids is 1. The van der Waals surface area contributed by atoms with Gasteiger partial charge in [-0.15, -0.1) is 0 Å². The van der Waals surface area contributed by atoms with Crippen molar-refractivity contribution in [3.8, 4) is 28.6 Å². The van der Waals surface area contributed by atoms with E-state index in [2.05, 4.69) is 5.32 Å². The van der Waals surface area contributed by atoms with Crippen molar-refractivity contribution in [1.82, 2.24) is 5.32 Å². The molecule has 0 fully saturated rings. The van der Waals surface area contributed by atoms with Crippen LogP contribution in [0, 0.1) is 5.82 Å². The lowest BCUT2D eigenvalue weighted by molar-refractivity contribution is -0.116. The fraction of sp³-hybridized carbons (Fsp3) is 0.174. The summed E-state index contributed by atoms with van der Waals surface area (Å²) in [5, 5.41) is 2.78. The van der Waals surface area contributed by atoms with Gasteiger partial charge >= 0.3 is 0 Å². The van der Waals surface area contributed by atoms with E-state index in [1.54, 1.807) is 49.6 Å². The van der Waals surface area contributed by atoms with Gasteiger partial charge in [-0.1, -0.05) is 12.1 Å². The van der Waals surface area contributed by atoms with Crippen LogP contribution in [0.4, 0.5) is 4.39 Å². The summed E-state index contributed by atoms with van der Waals surface area (Å²) < 4.78 is 35.4. The highest BCUT2D eigenvalue weighted by molar-refractivity contribution is 5.91. The van der Waals surface area contributed by atoms with Gasteiger partial charge in [-0.25, -0.2) is 4.39 Å². The van der Waals surface area contributed by atoms with Crippen molar-refractivity contribution in [2.24, 2.45) is 0 Å². The van der Waals surface area contributed by atoms with Gasteiger partial charge in [-0.3, -0.25) is 4.79 Å². The number of rotatable bonds is 8. The number of hydrogen-bond acceptors (Lipinski definition) is 5. The van der Waals surface area contributed by atoms with Crippen LogP contribution < -0.4 is 19.5 Å². The standard InChI is InChI=1S/C23H22FNO5/c1-27-16-12-21(28-2)18(22(13-16)29-3)14-25-23(26)11-9-15-8-10-20(30-15)17-6-4-5-7-19(17)24/h4-13H,14H2,1-3H3,(H,25,26)/b11-9+. The molecule has 0 saturated carbocycles. The van der Waals surface area contributed by atoms with Crippen LogP contribution in [-0.4, -0.2) is 27.2 Å². The maximum atomic E-state index is 13.9. The lowest BCUT2D eigenvalue weighted by Gasteiger charge is -2.15. The lowest BCUT2D eigenvalue weighted by atomic mass is 10.1. The number of nitrogens with one attached hydrogen (secondary N) is 1. The maximum absolute atomic E-state index is 13.9. The van der Waals surface area contributed by atoms with Gasteiger partial charge in [-0.2, -0.15) is 0 Å². The van der Waals surface area contributed by atoms with Crippen LogP contribution >= 0.6 is 0 Å². The third kappa shape index (κ3) is 4.81. The molecule has 0 aliphatic carbocycles. The molecule has 0 saturated heterocycles. The number of halogens is 1. The van der Waals surface area contributed by atoms with E-state index in [1.807, 2.05) is 0 Å². The normalized spacial score (nSPS) is 10.8. The topological polar surface area (TPSA) is 69.9 Å². The fourth-order valence-corrected chi connectivity index (χ4v) is 2.89.